The van der Waals surface area contributed by atoms with Crippen LogP contribution < -0.4 is 9.47 Å². The minimum atomic E-state index is 0.250. The van der Waals surface area contributed by atoms with E-state index in [9.17, 15) is 0 Å². The molecule has 0 radical (unpaired) electrons. The molecule has 0 amide bonds. The van der Waals surface area contributed by atoms with Crippen LogP contribution in [-0.4, -0.2) is 24.2 Å². The molecule has 2 aromatic carbocycles. The van der Waals surface area contributed by atoms with E-state index in [4.69, 9.17) is 15.0 Å². The topological polar surface area (TPSA) is 93.0 Å². The van der Waals surface area contributed by atoms with Gasteiger partial charge in [-0.15, -0.1) is 0 Å². The largest absolute Gasteiger partial charge is 0.493 e. The zero-order valence-electron chi connectivity index (χ0n) is 13.5. The van der Waals surface area contributed by atoms with Crippen molar-refractivity contribution in [2.75, 3.05) is 14.2 Å². The molecule has 1 heterocycles. The van der Waals surface area contributed by atoms with E-state index >= 15 is 0 Å². The lowest BCUT2D eigenvalue weighted by Gasteiger charge is -2.11. The Morgan fingerprint density at radius 1 is 1.04 bits per heavy atom. The van der Waals surface area contributed by atoms with Gasteiger partial charge in [0.15, 0.2) is 17.3 Å². The molecule has 3 aromatic rings. The Morgan fingerprint density at radius 3 is 2.46 bits per heavy atom. The average Bonchev–Trinajstić information content (AvgIpc) is 2.60. The van der Waals surface area contributed by atoms with Crippen LogP contribution in [0.5, 0.6) is 11.5 Å². The van der Waals surface area contributed by atoms with Crippen molar-refractivity contribution in [1.82, 2.24) is 9.97 Å². The van der Waals surface area contributed by atoms with Crippen molar-refractivity contribution in [3.05, 3.63) is 52.4 Å². The highest BCUT2D eigenvalue weighted by molar-refractivity contribution is 5.92. The molecule has 7 heteroatoms. The minimum absolute atomic E-state index is 0.250. The fourth-order valence-electron chi connectivity index (χ4n) is 2.47. The molecule has 0 unspecified atom stereocenters. The van der Waals surface area contributed by atoms with Gasteiger partial charge in [0.05, 0.1) is 19.7 Å². The number of ether oxygens (including phenoxy) is 2. The second kappa shape index (κ2) is 6.44. The second-order valence-electron chi connectivity index (χ2n) is 5.15. The Morgan fingerprint density at radius 2 is 1.79 bits per heavy atom. The van der Waals surface area contributed by atoms with Crippen molar-refractivity contribution in [3.8, 4) is 22.9 Å². The van der Waals surface area contributed by atoms with E-state index in [0.29, 0.717) is 28.2 Å². The van der Waals surface area contributed by atoms with Crippen molar-refractivity contribution in [1.29, 1.82) is 0 Å². The summed E-state index contributed by atoms with van der Waals surface area (Å²) in [4.78, 5) is 11.9. The lowest BCUT2D eigenvalue weighted by Crippen LogP contribution is -1.95. The van der Waals surface area contributed by atoms with Crippen molar-refractivity contribution in [2.45, 2.75) is 6.92 Å². The fraction of sp³-hybridized carbons (Fsp3) is 0.176. The maximum absolute atomic E-state index is 8.85. The molecule has 3 rings (SSSR count). The Labute approximate surface area is 138 Å². The number of benzene rings is 2. The van der Waals surface area contributed by atoms with Gasteiger partial charge in [-0.25, -0.2) is 9.97 Å². The summed E-state index contributed by atoms with van der Waals surface area (Å²) in [5.41, 5.74) is 11.4. The van der Waals surface area contributed by atoms with Crippen LogP contribution in [0.2, 0.25) is 0 Å². The predicted octanol–water partition coefficient (Wildman–Crippen LogP) is 4.56. The van der Waals surface area contributed by atoms with E-state index in [1.165, 1.54) is 0 Å². The molecule has 0 saturated heterocycles. The maximum atomic E-state index is 8.85. The standard InChI is InChI=1S/C17H15N5O2/c1-10-5-4-6-11(7-10)16-19-13-9-15(24-3)14(23-2)8-12(13)17(20-16)21-22-18/h4-9H,1-3H3. The first-order chi connectivity index (χ1) is 11.7. The molecule has 0 aliphatic carbocycles. The Hall–Kier alpha value is -3.31. The van der Waals surface area contributed by atoms with Crippen LogP contribution in [0.25, 0.3) is 32.7 Å². The van der Waals surface area contributed by atoms with Gasteiger partial charge in [0.1, 0.15) is 5.82 Å². The summed E-state index contributed by atoms with van der Waals surface area (Å²) in [7, 11) is 3.10. The highest BCUT2D eigenvalue weighted by Crippen LogP contribution is 2.36. The first-order valence-corrected chi connectivity index (χ1v) is 7.22. The lowest BCUT2D eigenvalue weighted by molar-refractivity contribution is 0.356. The zero-order chi connectivity index (χ0) is 17.1. The number of methoxy groups -OCH3 is 2. The number of aromatic nitrogens is 2. The Kier molecular flexibility index (Phi) is 4.18. The SMILES string of the molecule is COc1cc2nc(-c3cccc(C)c3)nc(N=[N+]=[N-])c2cc1OC. The molecular weight excluding hydrogens is 306 g/mol. The Balaban J connectivity index is 2.32. The molecule has 0 fully saturated rings. The molecule has 24 heavy (non-hydrogen) atoms. The average molecular weight is 321 g/mol. The van der Waals surface area contributed by atoms with Gasteiger partial charge in [-0.2, -0.15) is 0 Å². The number of nitrogens with zero attached hydrogens (tertiary/aromatic N) is 5. The van der Waals surface area contributed by atoms with Gasteiger partial charge in [-0.05, 0) is 29.7 Å². The third kappa shape index (κ3) is 2.80. The first kappa shape index (κ1) is 15.6. The van der Waals surface area contributed by atoms with Gasteiger partial charge in [-0.3, -0.25) is 0 Å². The highest BCUT2D eigenvalue weighted by Gasteiger charge is 2.13. The molecule has 0 spiro atoms. The van der Waals surface area contributed by atoms with Crippen molar-refractivity contribution in [2.24, 2.45) is 5.11 Å². The molecule has 1 aromatic heterocycles. The molecule has 0 bridgehead atoms. The van der Waals surface area contributed by atoms with E-state index in [-0.39, 0.29) is 5.82 Å². The van der Waals surface area contributed by atoms with Crippen LogP contribution in [0.1, 0.15) is 5.56 Å². The normalized spacial score (nSPS) is 10.3. The third-order valence-electron chi connectivity index (χ3n) is 3.60. The van der Waals surface area contributed by atoms with E-state index in [1.54, 1.807) is 26.4 Å². The second-order valence-corrected chi connectivity index (χ2v) is 5.15. The van der Waals surface area contributed by atoms with Gasteiger partial charge in [0, 0.05) is 21.9 Å². The summed E-state index contributed by atoms with van der Waals surface area (Å²) in [5.74, 6) is 1.80. The molecule has 0 aliphatic heterocycles. The fourth-order valence-corrected chi connectivity index (χ4v) is 2.47. The van der Waals surface area contributed by atoms with Gasteiger partial charge in [-0.1, -0.05) is 23.8 Å². The first-order valence-electron chi connectivity index (χ1n) is 7.22. The van der Waals surface area contributed by atoms with Gasteiger partial charge in [0.25, 0.3) is 0 Å². The molecule has 0 aliphatic rings. The van der Waals surface area contributed by atoms with E-state index in [1.807, 2.05) is 31.2 Å². The number of fused-ring (bicyclic) bond motifs is 1. The molecule has 0 saturated carbocycles. The van der Waals surface area contributed by atoms with Gasteiger partial charge < -0.3 is 9.47 Å². The summed E-state index contributed by atoms with van der Waals surface area (Å²) in [6.45, 7) is 1.99. The molecule has 0 atom stereocenters. The minimum Gasteiger partial charge on any atom is -0.493 e. The zero-order valence-corrected chi connectivity index (χ0v) is 13.5. The quantitative estimate of drug-likeness (QED) is 0.400. The van der Waals surface area contributed by atoms with E-state index < -0.39 is 0 Å². The predicted molar refractivity (Wildman–Crippen MR) is 91.6 cm³/mol. The van der Waals surface area contributed by atoms with Crippen LogP contribution in [0.3, 0.4) is 0 Å². The highest BCUT2D eigenvalue weighted by atomic mass is 16.5. The van der Waals surface area contributed by atoms with Crippen LogP contribution in [0.4, 0.5) is 5.82 Å². The smallest absolute Gasteiger partial charge is 0.162 e. The van der Waals surface area contributed by atoms with E-state index in [2.05, 4.69) is 20.0 Å². The summed E-state index contributed by atoms with van der Waals surface area (Å²) in [6.07, 6.45) is 0. The number of hydrogen-bond donors (Lipinski definition) is 0. The Bertz CT molecular complexity index is 965. The van der Waals surface area contributed by atoms with Crippen LogP contribution in [-0.2, 0) is 0 Å². The summed E-state index contributed by atoms with van der Waals surface area (Å²) >= 11 is 0. The van der Waals surface area contributed by atoms with Gasteiger partial charge >= 0.3 is 0 Å². The summed E-state index contributed by atoms with van der Waals surface area (Å²) in [6, 6.07) is 11.3. The van der Waals surface area contributed by atoms with Crippen molar-refractivity contribution >= 4 is 16.7 Å². The maximum Gasteiger partial charge on any atom is 0.162 e. The van der Waals surface area contributed by atoms with Crippen LogP contribution in [0, 0.1) is 6.92 Å². The van der Waals surface area contributed by atoms with E-state index in [0.717, 1.165) is 11.1 Å². The summed E-state index contributed by atoms with van der Waals surface area (Å²) in [5, 5.41) is 4.31. The summed E-state index contributed by atoms with van der Waals surface area (Å²) < 4.78 is 10.6. The lowest BCUT2D eigenvalue weighted by atomic mass is 10.1. The number of rotatable bonds is 4. The van der Waals surface area contributed by atoms with Crippen LogP contribution >= 0.6 is 0 Å². The molecular formula is C17H15N5O2. The van der Waals surface area contributed by atoms with Crippen molar-refractivity contribution in [3.63, 3.8) is 0 Å². The molecule has 7 nitrogen and oxygen atoms in total. The molecule has 0 N–H and O–H groups in total. The number of azide groups is 1. The van der Waals surface area contributed by atoms with Crippen LogP contribution in [0.15, 0.2) is 41.5 Å². The van der Waals surface area contributed by atoms with Gasteiger partial charge in [0.2, 0.25) is 0 Å². The number of hydrogen-bond acceptors (Lipinski definition) is 5. The van der Waals surface area contributed by atoms with Crippen molar-refractivity contribution < 1.29 is 9.47 Å². The molecule has 120 valence electrons. The third-order valence-corrected chi connectivity index (χ3v) is 3.60. The number of aryl methyl sites for hydroxylation is 1. The monoisotopic (exact) mass is 321 g/mol.